The Morgan fingerprint density at radius 1 is 0.958 bits per heavy atom. The Hall–Kier alpha value is -2.60. The largest absolute Gasteiger partial charge is 0.369 e. The molecule has 1 N–H and O–H groups in total. The maximum Gasteiger partial charge on any atom is 0.327 e. The third-order valence-electron chi connectivity index (χ3n) is 4.59. The number of H-pyrrole nitrogens is 1. The molecule has 5 nitrogen and oxygen atoms in total. The van der Waals surface area contributed by atoms with Crippen molar-refractivity contribution in [2.45, 2.75) is 6.67 Å². The molecule has 0 unspecified atom stereocenters. The Balaban J connectivity index is 1.45. The van der Waals surface area contributed by atoms with Crippen LogP contribution in [0.15, 0.2) is 53.3 Å². The van der Waals surface area contributed by atoms with Crippen LogP contribution in [0.3, 0.4) is 0 Å². The molecule has 6 heteroatoms. The Kier molecular flexibility index (Phi) is 3.82. The van der Waals surface area contributed by atoms with Crippen LogP contribution in [0.25, 0.3) is 11.0 Å². The molecular weight excluding hydrogens is 307 g/mol. The van der Waals surface area contributed by atoms with E-state index in [1.807, 2.05) is 36.4 Å². The number of fused-ring (bicyclic) bond motifs is 1. The summed E-state index contributed by atoms with van der Waals surface area (Å²) in [7, 11) is 0. The van der Waals surface area contributed by atoms with Crippen LogP contribution in [-0.2, 0) is 6.67 Å². The van der Waals surface area contributed by atoms with E-state index in [4.69, 9.17) is 0 Å². The van der Waals surface area contributed by atoms with Gasteiger partial charge in [-0.25, -0.2) is 9.18 Å². The van der Waals surface area contributed by atoms with Gasteiger partial charge < -0.3 is 9.88 Å². The molecule has 0 radical (unpaired) electrons. The SMILES string of the molecule is O=c1[nH]c2ccccc2n1CN1CCN(c2ccc(F)cc2)CC1. The van der Waals surface area contributed by atoms with E-state index in [-0.39, 0.29) is 11.5 Å². The first-order valence-corrected chi connectivity index (χ1v) is 8.11. The van der Waals surface area contributed by atoms with Crippen LogP contribution in [0.1, 0.15) is 0 Å². The summed E-state index contributed by atoms with van der Waals surface area (Å²) < 4.78 is 14.8. The first-order chi connectivity index (χ1) is 11.7. The second-order valence-corrected chi connectivity index (χ2v) is 6.10. The van der Waals surface area contributed by atoms with E-state index in [2.05, 4.69) is 14.8 Å². The summed E-state index contributed by atoms with van der Waals surface area (Å²) in [5.74, 6) is -0.212. The normalized spacial score (nSPS) is 16.0. The van der Waals surface area contributed by atoms with Crippen molar-refractivity contribution in [3.05, 3.63) is 64.8 Å². The van der Waals surface area contributed by atoms with Gasteiger partial charge in [0, 0.05) is 31.9 Å². The number of nitrogens with one attached hydrogen (secondary N) is 1. The number of anilines is 1. The molecule has 0 amide bonds. The standard InChI is InChI=1S/C18H19FN4O/c19-14-5-7-15(8-6-14)22-11-9-21(10-12-22)13-23-17-4-2-1-3-16(17)20-18(23)24/h1-8H,9-13H2,(H,20,24). The number of benzene rings is 2. The number of halogens is 1. The van der Waals surface area contributed by atoms with E-state index < -0.39 is 0 Å². The van der Waals surface area contributed by atoms with Crippen LogP contribution in [0.4, 0.5) is 10.1 Å². The van der Waals surface area contributed by atoms with Crippen molar-refractivity contribution >= 4 is 16.7 Å². The second kappa shape index (κ2) is 6.13. The summed E-state index contributed by atoms with van der Waals surface area (Å²) in [5.41, 5.74) is 2.77. The first-order valence-electron chi connectivity index (χ1n) is 8.11. The zero-order valence-corrected chi connectivity index (χ0v) is 13.3. The highest BCUT2D eigenvalue weighted by Gasteiger charge is 2.18. The molecule has 0 bridgehead atoms. The minimum Gasteiger partial charge on any atom is -0.369 e. The van der Waals surface area contributed by atoms with E-state index in [0.29, 0.717) is 6.67 Å². The van der Waals surface area contributed by atoms with Gasteiger partial charge >= 0.3 is 5.69 Å². The number of aromatic amines is 1. The zero-order valence-electron chi connectivity index (χ0n) is 13.3. The van der Waals surface area contributed by atoms with Crippen LogP contribution < -0.4 is 10.6 Å². The van der Waals surface area contributed by atoms with Gasteiger partial charge in [-0.05, 0) is 36.4 Å². The summed E-state index contributed by atoms with van der Waals surface area (Å²) in [6, 6.07) is 14.4. The Morgan fingerprint density at radius 3 is 2.42 bits per heavy atom. The Labute approximate surface area is 138 Å². The summed E-state index contributed by atoms with van der Waals surface area (Å²) >= 11 is 0. The molecule has 1 aliphatic heterocycles. The maximum atomic E-state index is 13.0. The molecule has 2 aromatic carbocycles. The lowest BCUT2D eigenvalue weighted by atomic mass is 10.2. The minimum atomic E-state index is -0.212. The molecule has 0 aliphatic carbocycles. The van der Waals surface area contributed by atoms with Crippen molar-refractivity contribution in [2.75, 3.05) is 31.1 Å². The van der Waals surface area contributed by atoms with E-state index in [0.717, 1.165) is 42.9 Å². The number of piperazine rings is 1. The van der Waals surface area contributed by atoms with Crippen LogP contribution >= 0.6 is 0 Å². The highest BCUT2D eigenvalue weighted by atomic mass is 19.1. The molecule has 0 atom stereocenters. The quantitative estimate of drug-likeness (QED) is 0.803. The number of rotatable bonds is 3. The van der Waals surface area contributed by atoms with Crippen molar-refractivity contribution in [1.82, 2.24) is 14.5 Å². The zero-order chi connectivity index (χ0) is 16.5. The van der Waals surface area contributed by atoms with Gasteiger partial charge in [-0.1, -0.05) is 12.1 Å². The highest BCUT2D eigenvalue weighted by molar-refractivity contribution is 5.74. The fourth-order valence-electron chi connectivity index (χ4n) is 3.25. The fourth-order valence-corrected chi connectivity index (χ4v) is 3.25. The Bertz CT molecular complexity index is 891. The van der Waals surface area contributed by atoms with Crippen molar-refractivity contribution < 1.29 is 4.39 Å². The lowest BCUT2D eigenvalue weighted by molar-refractivity contribution is 0.206. The molecule has 4 rings (SSSR count). The summed E-state index contributed by atoms with van der Waals surface area (Å²) in [4.78, 5) is 19.6. The molecule has 1 aromatic heterocycles. The van der Waals surface area contributed by atoms with Gasteiger partial charge in [-0.3, -0.25) is 9.47 Å². The van der Waals surface area contributed by atoms with Crippen LogP contribution in [0.5, 0.6) is 0 Å². The molecular formula is C18H19FN4O. The van der Waals surface area contributed by atoms with Crippen molar-refractivity contribution in [1.29, 1.82) is 0 Å². The van der Waals surface area contributed by atoms with Crippen LogP contribution in [-0.4, -0.2) is 40.6 Å². The molecule has 2 heterocycles. The number of aromatic nitrogens is 2. The number of imidazole rings is 1. The average Bonchev–Trinajstić information content (AvgIpc) is 2.92. The highest BCUT2D eigenvalue weighted by Crippen LogP contribution is 2.17. The summed E-state index contributed by atoms with van der Waals surface area (Å²) in [6.45, 7) is 4.04. The predicted octanol–water partition coefficient (Wildman–Crippen LogP) is 2.25. The predicted molar refractivity (Wildman–Crippen MR) is 92.7 cm³/mol. The number of para-hydroxylation sites is 2. The first kappa shape index (κ1) is 15.0. The number of hydrogen-bond donors (Lipinski definition) is 1. The van der Waals surface area contributed by atoms with Gasteiger partial charge in [0.05, 0.1) is 17.7 Å². The monoisotopic (exact) mass is 326 g/mol. The summed E-state index contributed by atoms with van der Waals surface area (Å²) in [5, 5.41) is 0. The average molecular weight is 326 g/mol. The number of hydrogen-bond acceptors (Lipinski definition) is 3. The molecule has 0 saturated carbocycles. The summed E-state index contributed by atoms with van der Waals surface area (Å²) in [6.07, 6.45) is 0. The molecule has 124 valence electrons. The van der Waals surface area contributed by atoms with Crippen LogP contribution in [0.2, 0.25) is 0 Å². The van der Waals surface area contributed by atoms with E-state index in [1.54, 1.807) is 4.57 Å². The van der Waals surface area contributed by atoms with Gasteiger partial charge in [-0.2, -0.15) is 0 Å². The third kappa shape index (κ3) is 2.80. The van der Waals surface area contributed by atoms with E-state index >= 15 is 0 Å². The van der Waals surface area contributed by atoms with Gasteiger partial charge in [0.25, 0.3) is 0 Å². The van der Waals surface area contributed by atoms with Gasteiger partial charge in [-0.15, -0.1) is 0 Å². The molecule has 0 spiro atoms. The molecule has 3 aromatic rings. The van der Waals surface area contributed by atoms with Crippen molar-refractivity contribution in [2.24, 2.45) is 0 Å². The van der Waals surface area contributed by atoms with E-state index in [9.17, 15) is 9.18 Å². The van der Waals surface area contributed by atoms with Gasteiger partial charge in [0.15, 0.2) is 0 Å². The third-order valence-corrected chi connectivity index (χ3v) is 4.59. The fraction of sp³-hybridized carbons (Fsp3) is 0.278. The van der Waals surface area contributed by atoms with E-state index in [1.165, 1.54) is 12.1 Å². The maximum absolute atomic E-state index is 13.0. The topological polar surface area (TPSA) is 44.3 Å². The van der Waals surface area contributed by atoms with Crippen LogP contribution in [0, 0.1) is 5.82 Å². The Morgan fingerprint density at radius 2 is 1.67 bits per heavy atom. The van der Waals surface area contributed by atoms with Crippen molar-refractivity contribution in [3.8, 4) is 0 Å². The van der Waals surface area contributed by atoms with Crippen molar-refractivity contribution in [3.63, 3.8) is 0 Å². The lowest BCUT2D eigenvalue weighted by Gasteiger charge is -2.36. The molecule has 1 saturated heterocycles. The van der Waals surface area contributed by atoms with Gasteiger partial charge in [0.1, 0.15) is 5.82 Å². The van der Waals surface area contributed by atoms with Gasteiger partial charge in [0.2, 0.25) is 0 Å². The smallest absolute Gasteiger partial charge is 0.327 e. The molecule has 24 heavy (non-hydrogen) atoms. The second-order valence-electron chi connectivity index (χ2n) is 6.10. The minimum absolute atomic E-state index is 0.0721. The number of nitrogens with zero attached hydrogens (tertiary/aromatic N) is 3. The lowest BCUT2D eigenvalue weighted by Crippen LogP contribution is -2.47. The molecule has 1 aliphatic rings. The molecule has 1 fully saturated rings.